The predicted molar refractivity (Wildman–Crippen MR) is 78.8 cm³/mol. The lowest BCUT2D eigenvalue weighted by atomic mass is 9.71. The monoisotopic (exact) mass is 329 g/mol. The SMILES string of the molecule is OC12CCCCC1CN(Cc1sccc1Br)CC2. The lowest BCUT2D eigenvalue weighted by Gasteiger charge is -2.47. The molecule has 0 bridgehead atoms. The minimum absolute atomic E-state index is 0.346. The second kappa shape index (κ2) is 5.23. The molecule has 1 N–H and O–H groups in total. The van der Waals surface area contributed by atoms with Gasteiger partial charge in [-0.3, -0.25) is 4.90 Å². The first-order valence-electron chi connectivity index (χ1n) is 6.84. The Morgan fingerprint density at radius 2 is 2.33 bits per heavy atom. The van der Waals surface area contributed by atoms with E-state index in [-0.39, 0.29) is 5.60 Å². The number of fused-ring (bicyclic) bond motifs is 1. The zero-order valence-corrected chi connectivity index (χ0v) is 13.0. The van der Waals surface area contributed by atoms with Crippen LogP contribution in [-0.2, 0) is 6.54 Å². The molecular formula is C14H20BrNOS. The lowest BCUT2D eigenvalue weighted by Crippen LogP contribution is -2.52. The molecule has 2 fully saturated rings. The molecule has 1 saturated heterocycles. The number of piperidine rings is 1. The van der Waals surface area contributed by atoms with Crippen molar-refractivity contribution >= 4 is 27.3 Å². The Labute approximate surface area is 121 Å². The van der Waals surface area contributed by atoms with E-state index in [1.165, 1.54) is 28.6 Å². The van der Waals surface area contributed by atoms with Gasteiger partial charge in [0.2, 0.25) is 0 Å². The summed E-state index contributed by atoms with van der Waals surface area (Å²) in [5.74, 6) is 0.499. The van der Waals surface area contributed by atoms with Crippen molar-refractivity contribution in [2.24, 2.45) is 5.92 Å². The Hall–Kier alpha value is 0.100. The summed E-state index contributed by atoms with van der Waals surface area (Å²) in [6.45, 7) is 3.14. The van der Waals surface area contributed by atoms with Crippen molar-refractivity contribution in [3.63, 3.8) is 0 Å². The fourth-order valence-corrected chi connectivity index (χ4v) is 4.94. The zero-order chi connectivity index (χ0) is 12.6. The minimum Gasteiger partial charge on any atom is -0.390 e. The van der Waals surface area contributed by atoms with Gasteiger partial charge in [0, 0.05) is 34.9 Å². The number of thiophene rings is 1. The average Bonchev–Trinajstić information content (AvgIpc) is 2.75. The van der Waals surface area contributed by atoms with Gasteiger partial charge in [-0.05, 0) is 46.6 Å². The molecule has 1 saturated carbocycles. The molecule has 1 aliphatic carbocycles. The van der Waals surface area contributed by atoms with Crippen molar-refractivity contribution in [1.82, 2.24) is 4.90 Å². The quantitative estimate of drug-likeness (QED) is 0.895. The number of rotatable bonds is 2. The van der Waals surface area contributed by atoms with Crippen LogP contribution in [-0.4, -0.2) is 28.7 Å². The van der Waals surface area contributed by atoms with Crippen LogP contribution in [0.2, 0.25) is 0 Å². The van der Waals surface area contributed by atoms with E-state index in [2.05, 4.69) is 32.3 Å². The molecule has 100 valence electrons. The van der Waals surface area contributed by atoms with Gasteiger partial charge in [-0.25, -0.2) is 0 Å². The second-order valence-electron chi connectivity index (χ2n) is 5.72. The molecule has 18 heavy (non-hydrogen) atoms. The predicted octanol–water partition coefficient (Wildman–Crippen LogP) is 3.64. The molecule has 0 amide bonds. The van der Waals surface area contributed by atoms with Gasteiger partial charge in [-0.1, -0.05) is 12.8 Å². The van der Waals surface area contributed by atoms with Crippen molar-refractivity contribution in [3.05, 3.63) is 20.8 Å². The molecule has 2 atom stereocenters. The van der Waals surface area contributed by atoms with Crippen LogP contribution < -0.4 is 0 Å². The third kappa shape index (κ3) is 2.53. The normalized spacial score (nSPS) is 33.3. The summed E-state index contributed by atoms with van der Waals surface area (Å²) < 4.78 is 1.23. The van der Waals surface area contributed by atoms with Crippen molar-refractivity contribution in [3.8, 4) is 0 Å². The largest absolute Gasteiger partial charge is 0.390 e. The van der Waals surface area contributed by atoms with Crippen LogP contribution in [0, 0.1) is 5.92 Å². The fraction of sp³-hybridized carbons (Fsp3) is 0.714. The summed E-state index contributed by atoms with van der Waals surface area (Å²) in [5.41, 5.74) is -0.346. The number of aliphatic hydroxyl groups is 1. The van der Waals surface area contributed by atoms with Gasteiger partial charge >= 0.3 is 0 Å². The van der Waals surface area contributed by atoms with Crippen LogP contribution >= 0.6 is 27.3 Å². The molecule has 2 nitrogen and oxygen atoms in total. The lowest BCUT2D eigenvalue weighted by molar-refractivity contribution is -0.0966. The van der Waals surface area contributed by atoms with Crippen LogP contribution in [0.1, 0.15) is 37.0 Å². The number of halogens is 1. The summed E-state index contributed by atoms with van der Waals surface area (Å²) in [4.78, 5) is 3.93. The van der Waals surface area contributed by atoms with E-state index in [1.54, 1.807) is 0 Å². The van der Waals surface area contributed by atoms with Gasteiger partial charge in [-0.2, -0.15) is 0 Å². The Kier molecular flexibility index (Phi) is 3.81. The molecule has 0 spiro atoms. The van der Waals surface area contributed by atoms with E-state index in [1.807, 2.05) is 11.3 Å². The van der Waals surface area contributed by atoms with E-state index in [4.69, 9.17) is 0 Å². The van der Waals surface area contributed by atoms with E-state index < -0.39 is 0 Å². The van der Waals surface area contributed by atoms with Crippen molar-refractivity contribution < 1.29 is 5.11 Å². The molecule has 2 heterocycles. The smallest absolute Gasteiger partial charge is 0.0700 e. The van der Waals surface area contributed by atoms with Crippen LogP contribution in [0.4, 0.5) is 0 Å². The van der Waals surface area contributed by atoms with Crippen LogP contribution in [0.15, 0.2) is 15.9 Å². The molecule has 0 aromatic carbocycles. The van der Waals surface area contributed by atoms with Crippen molar-refractivity contribution in [1.29, 1.82) is 0 Å². The fourth-order valence-electron chi connectivity index (χ4n) is 3.42. The summed E-state index contributed by atoms with van der Waals surface area (Å²) in [6, 6.07) is 2.13. The van der Waals surface area contributed by atoms with Crippen LogP contribution in [0.25, 0.3) is 0 Å². The Morgan fingerprint density at radius 3 is 3.11 bits per heavy atom. The average molecular weight is 330 g/mol. The topological polar surface area (TPSA) is 23.5 Å². The van der Waals surface area contributed by atoms with Crippen LogP contribution in [0.3, 0.4) is 0 Å². The van der Waals surface area contributed by atoms with Gasteiger partial charge in [-0.15, -0.1) is 11.3 Å². The Morgan fingerprint density at radius 1 is 1.44 bits per heavy atom. The number of nitrogens with zero attached hydrogens (tertiary/aromatic N) is 1. The van der Waals surface area contributed by atoms with Gasteiger partial charge in [0.05, 0.1) is 5.60 Å². The van der Waals surface area contributed by atoms with Crippen molar-refractivity contribution in [2.45, 2.75) is 44.2 Å². The highest BCUT2D eigenvalue weighted by molar-refractivity contribution is 9.10. The van der Waals surface area contributed by atoms with E-state index >= 15 is 0 Å². The number of hydrogen-bond acceptors (Lipinski definition) is 3. The summed E-state index contributed by atoms with van der Waals surface area (Å²) in [7, 11) is 0. The first kappa shape index (κ1) is 13.1. The summed E-state index contributed by atoms with van der Waals surface area (Å²) in [6.07, 6.45) is 5.69. The highest BCUT2D eigenvalue weighted by atomic mass is 79.9. The molecule has 1 aromatic rings. The van der Waals surface area contributed by atoms with Crippen molar-refractivity contribution in [2.75, 3.05) is 13.1 Å². The zero-order valence-electron chi connectivity index (χ0n) is 10.6. The molecular weight excluding hydrogens is 310 g/mol. The maximum absolute atomic E-state index is 10.7. The maximum atomic E-state index is 10.7. The summed E-state index contributed by atoms with van der Waals surface area (Å²) in [5, 5.41) is 12.8. The molecule has 0 radical (unpaired) electrons. The summed E-state index contributed by atoms with van der Waals surface area (Å²) >= 11 is 5.43. The molecule has 1 aliphatic heterocycles. The van der Waals surface area contributed by atoms with E-state index in [9.17, 15) is 5.11 Å². The highest BCUT2D eigenvalue weighted by Gasteiger charge is 2.42. The molecule has 3 rings (SSSR count). The third-order valence-electron chi connectivity index (χ3n) is 4.57. The third-order valence-corrected chi connectivity index (χ3v) is 6.48. The molecule has 2 unspecified atom stereocenters. The number of hydrogen-bond donors (Lipinski definition) is 1. The first-order chi connectivity index (χ1) is 8.67. The maximum Gasteiger partial charge on any atom is 0.0700 e. The second-order valence-corrected chi connectivity index (χ2v) is 7.58. The molecule has 2 aliphatic rings. The number of likely N-dealkylation sites (tertiary alicyclic amines) is 1. The van der Waals surface area contributed by atoms with Gasteiger partial charge < -0.3 is 5.11 Å². The van der Waals surface area contributed by atoms with Gasteiger partial charge in [0.1, 0.15) is 0 Å². The van der Waals surface area contributed by atoms with E-state index in [0.29, 0.717) is 5.92 Å². The van der Waals surface area contributed by atoms with E-state index in [0.717, 1.165) is 32.5 Å². The first-order valence-corrected chi connectivity index (χ1v) is 8.51. The molecule has 4 heteroatoms. The highest BCUT2D eigenvalue weighted by Crippen LogP contribution is 2.40. The van der Waals surface area contributed by atoms with Gasteiger partial charge in [0.25, 0.3) is 0 Å². The Bertz CT molecular complexity index is 422. The standard InChI is InChI=1S/C14H20BrNOS/c15-12-4-8-18-13(12)10-16-7-6-14(17)5-2-1-3-11(14)9-16/h4,8,11,17H,1-3,5-7,9-10H2. The molecule has 1 aromatic heterocycles. The van der Waals surface area contributed by atoms with Crippen LogP contribution in [0.5, 0.6) is 0 Å². The minimum atomic E-state index is -0.346. The Balaban J connectivity index is 1.65. The van der Waals surface area contributed by atoms with Gasteiger partial charge in [0.15, 0.2) is 0 Å².